The third-order valence-electron chi connectivity index (χ3n) is 3.76. The molecular weight excluding hydrogens is 340 g/mol. The molecule has 0 aliphatic rings. The predicted molar refractivity (Wildman–Crippen MR) is 97.8 cm³/mol. The fourth-order valence-electron chi connectivity index (χ4n) is 2.73. The van der Waals surface area contributed by atoms with Crippen molar-refractivity contribution in [3.8, 4) is 17.0 Å². The molecule has 0 saturated carbocycles. The molecule has 0 atom stereocenters. The highest BCUT2D eigenvalue weighted by atomic mass is 35.5. The summed E-state index contributed by atoms with van der Waals surface area (Å²) < 4.78 is 7.58. The Balaban J connectivity index is 0.000000970. The van der Waals surface area contributed by atoms with Crippen LogP contribution in [0.5, 0.6) is 5.75 Å². The number of halogens is 1. The van der Waals surface area contributed by atoms with Gasteiger partial charge in [0.2, 0.25) is 0 Å². The van der Waals surface area contributed by atoms with Crippen LogP contribution in [0.3, 0.4) is 0 Å². The molecule has 1 aromatic carbocycles. The Morgan fingerprint density at radius 3 is 2.40 bits per heavy atom. The number of ether oxygens (including phenoxy) is 1. The van der Waals surface area contributed by atoms with Gasteiger partial charge in [0.1, 0.15) is 5.75 Å². The van der Waals surface area contributed by atoms with Crippen LogP contribution in [-0.2, 0) is 29.0 Å². The van der Waals surface area contributed by atoms with E-state index in [1.54, 1.807) is 7.11 Å². The van der Waals surface area contributed by atoms with E-state index in [9.17, 15) is 0 Å². The molecule has 0 amide bonds. The zero-order valence-electron chi connectivity index (χ0n) is 15.4. The van der Waals surface area contributed by atoms with E-state index in [2.05, 4.69) is 51.0 Å². The van der Waals surface area contributed by atoms with Crippen molar-refractivity contribution in [2.75, 3.05) is 7.11 Å². The van der Waals surface area contributed by atoms with Crippen molar-refractivity contribution in [1.82, 2.24) is 9.78 Å². The lowest BCUT2D eigenvalue weighted by Gasteiger charge is -2.13. The largest absolute Gasteiger partial charge is 0.496 e. The van der Waals surface area contributed by atoms with E-state index < -0.39 is 0 Å². The SMILES string of the molecule is CCc1nn(CC)c(-c2ccc(CC(C)C)cc2OC)c1Cl.O=C=O. The standard InChI is InChI=1S/C18H25ClN2O.CO2/c1-6-15-17(19)18(21(7-2)20-15)14-9-8-13(10-12(3)4)11-16(14)22-5;2-1-3/h8-9,11-12H,6-7,10H2,1-5H3;. The van der Waals surface area contributed by atoms with Gasteiger partial charge in [0.05, 0.1) is 23.5 Å². The van der Waals surface area contributed by atoms with E-state index in [1.807, 2.05) is 4.68 Å². The molecule has 136 valence electrons. The van der Waals surface area contributed by atoms with Crippen molar-refractivity contribution in [3.63, 3.8) is 0 Å². The third-order valence-corrected chi connectivity index (χ3v) is 4.16. The molecule has 6 heteroatoms. The maximum absolute atomic E-state index is 8.12. The summed E-state index contributed by atoms with van der Waals surface area (Å²) in [6, 6.07) is 6.38. The Labute approximate surface area is 153 Å². The van der Waals surface area contributed by atoms with Crippen LogP contribution >= 0.6 is 11.6 Å². The van der Waals surface area contributed by atoms with Crippen LogP contribution in [0.25, 0.3) is 11.3 Å². The fourth-order valence-corrected chi connectivity index (χ4v) is 3.10. The topological polar surface area (TPSA) is 61.2 Å². The van der Waals surface area contributed by atoms with Crippen LogP contribution in [0.1, 0.15) is 39.0 Å². The maximum Gasteiger partial charge on any atom is 0.373 e. The number of rotatable bonds is 6. The van der Waals surface area contributed by atoms with Gasteiger partial charge in [0, 0.05) is 12.1 Å². The zero-order valence-corrected chi connectivity index (χ0v) is 16.2. The number of aromatic nitrogens is 2. The van der Waals surface area contributed by atoms with Gasteiger partial charge >= 0.3 is 6.15 Å². The molecule has 0 aliphatic carbocycles. The Kier molecular flexibility index (Phi) is 8.39. The molecular formula is C19H25ClN2O3. The third kappa shape index (κ3) is 5.18. The van der Waals surface area contributed by atoms with E-state index in [0.29, 0.717) is 5.92 Å². The summed E-state index contributed by atoms with van der Waals surface area (Å²) in [5.41, 5.74) is 4.18. The minimum absolute atomic E-state index is 0.250. The first-order valence-corrected chi connectivity index (χ1v) is 8.72. The van der Waals surface area contributed by atoms with Gasteiger partial charge in [-0.2, -0.15) is 14.7 Å². The fraction of sp³-hybridized carbons (Fsp3) is 0.474. The molecule has 25 heavy (non-hydrogen) atoms. The molecule has 2 rings (SSSR count). The first-order valence-electron chi connectivity index (χ1n) is 8.35. The van der Waals surface area contributed by atoms with Crippen molar-refractivity contribution < 1.29 is 14.3 Å². The number of benzene rings is 1. The summed E-state index contributed by atoms with van der Waals surface area (Å²) in [5.74, 6) is 1.48. The van der Waals surface area contributed by atoms with E-state index in [0.717, 1.165) is 47.1 Å². The van der Waals surface area contributed by atoms with Crippen molar-refractivity contribution in [3.05, 3.63) is 34.5 Å². The van der Waals surface area contributed by atoms with Gasteiger partial charge in [0.15, 0.2) is 0 Å². The summed E-state index contributed by atoms with van der Waals surface area (Å²) in [5, 5.41) is 5.33. The van der Waals surface area contributed by atoms with Crippen LogP contribution in [0, 0.1) is 5.92 Å². The van der Waals surface area contributed by atoms with E-state index in [1.165, 1.54) is 5.56 Å². The second kappa shape index (κ2) is 10.0. The number of nitrogens with zero attached hydrogens (tertiary/aromatic N) is 2. The Morgan fingerprint density at radius 1 is 1.28 bits per heavy atom. The van der Waals surface area contributed by atoms with Gasteiger partial charge in [-0.15, -0.1) is 0 Å². The first kappa shape index (κ1) is 20.9. The maximum atomic E-state index is 8.12. The highest BCUT2D eigenvalue weighted by molar-refractivity contribution is 6.33. The summed E-state index contributed by atoms with van der Waals surface area (Å²) in [6.07, 6.45) is 2.12. The monoisotopic (exact) mass is 364 g/mol. The molecule has 0 radical (unpaired) electrons. The van der Waals surface area contributed by atoms with Gasteiger partial charge in [0.25, 0.3) is 0 Å². The van der Waals surface area contributed by atoms with Gasteiger partial charge in [-0.3, -0.25) is 4.68 Å². The second-order valence-electron chi connectivity index (χ2n) is 5.99. The van der Waals surface area contributed by atoms with Crippen LogP contribution in [0.4, 0.5) is 0 Å². The van der Waals surface area contributed by atoms with Gasteiger partial charge in [-0.05, 0) is 43.4 Å². The molecule has 0 bridgehead atoms. The molecule has 0 aliphatic heterocycles. The normalized spacial score (nSPS) is 10.2. The smallest absolute Gasteiger partial charge is 0.373 e. The Hall–Kier alpha value is -2.10. The quantitative estimate of drug-likeness (QED) is 0.761. The molecule has 0 saturated heterocycles. The molecule has 1 aromatic heterocycles. The highest BCUT2D eigenvalue weighted by Gasteiger charge is 2.19. The van der Waals surface area contributed by atoms with Crippen molar-refractivity contribution in [1.29, 1.82) is 0 Å². The first-order chi connectivity index (χ1) is 11.9. The lowest BCUT2D eigenvalue weighted by Crippen LogP contribution is -2.02. The van der Waals surface area contributed by atoms with Gasteiger partial charge < -0.3 is 4.74 Å². The molecule has 2 aromatic rings. The number of carbonyl (C=O) groups excluding carboxylic acids is 2. The van der Waals surface area contributed by atoms with Gasteiger partial charge in [-0.25, -0.2) is 0 Å². The average molecular weight is 365 g/mol. The van der Waals surface area contributed by atoms with E-state index in [-0.39, 0.29) is 6.15 Å². The molecule has 1 heterocycles. The summed E-state index contributed by atoms with van der Waals surface area (Å²) in [7, 11) is 1.71. The van der Waals surface area contributed by atoms with Crippen LogP contribution in [0.15, 0.2) is 18.2 Å². The Bertz CT molecular complexity index is 733. The van der Waals surface area contributed by atoms with Crippen molar-refractivity contribution >= 4 is 17.8 Å². The molecule has 0 fully saturated rings. The second-order valence-corrected chi connectivity index (χ2v) is 6.37. The molecule has 0 unspecified atom stereocenters. The van der Waals surface area contributed by atoms with E-state index in [4.69, 9.17) is 25.9 Å². The van der Waals surface area contributed by atoms with Crippen LogP contribution in [-0.4, -0.2) is 23.0 Å². The van der Waals surface area contributed by atoms with Crippen LogP contribution < -0.4 is 4.74 Å². The predicted octanol–water partition coefficient (Wildman–Crippen LogP) is 4.41. The summed E-state index contributed by atoms with van der Waals surface area (Å²) >= 11 is 6.56. The number of hydrogen-bond donors (Lipinski definition) is 0. The zero-order chi connectivity index (χ0) is 19.0. The number of hydrogen-bond acceptors (Lipinski definition) is 4. The minimum atomic E-state index is 0.250. The average Bonchev–Trinajstić information content (AvgIpc) is 2.90. The lowest BCUT2D eigenvalue weighted by atomic mass is 10.00. The van der Waals surface area contributed by atoms with Crippen molar-refractivity contribution in [2.24, 2.45) is 5.92 Å². The molecule has 0 N–H and O–H groups in total. The molecule has 0 spiro atoms. The Morgan fingerprint density at radius 2 is 1.92 bits per heavy atom. The number of methoxy groups -OCH3 is 1. The summed E-state index contributed by atoms with van der Waals surface area (Å²) in [6.45, 7) is 9.37. The van der Waals surface area contributed by atoms with Gasteiger partial charge in [-0.1, -0.05) is 38.4 Å². The number of aryl methyl sites for hydroxylation is 2. The van der Waals surface area contributed by atoms with Crippen molar-refractivity contribution in [2.45, 2.75) is 47.1 Å². The summed E-state index contributed by atoms with van der Waals surface area (Å²) in [4.78, 5) is 16.2. The highest BCUT2D eigenvalue weighted by Crippen LogP contribution is 2.37. The lowest BCUT2D eigenvalue weighted by molar-refractivity contribution is -0.191. The van der Waals surface area contributed by atoms with Crippen LogP contribution in [0.2, 0.25) is 5.02 Å². The van der Waals surface area contributed by atoms with E-state index >= 15 is 0 Å². The minimum Gasteiger partial charge on any atom is -0.496 e. The molecule has 5 nitrogen and oxygen atoms in total.